The van der Waals surface area contributed by atoms with Crippen molar-refractivity contribution in [2.45, 2.75) is 32.4 Å². The Morgan fingerprint density at radius 2 is 1.77 bits per heavy atom. The Labute approximate surface area is 133 Å². The molecule has 1 saturated carbocycles. The maximum Gasteiger partial charge on any atom is 0.275 e. The van der Waals surface area contributed by atoms with Crippen LogP contribution in [-0.2, 0) is 11.3 Å². The maximum absolute atomic E-state index is 12.1. The summed E-state index contributed by atoms with van der Waals surface area (Å²) >= 11 is 0. The first-order chi connectivity index (χ1) is 10.7. The molecule has 2 fully saturated rings. The molecule has 0 unspecified atom stereocenters. The molecule has 4 nitrogen and oxygen atoms in total. The molecule has 1 aromatic rings. The van der Waals surface area contributed by atoms with Crippen molar-refractivity contribution in [3.05, 3.63) is 35.9 Å². The summed E-state index contributed by atoms with van der Waals surface area (Å²) < 4.78 is 0. The minimum atomic E-state index is 0.237. The molecule has 1 saturated heterocycles. The van der Waals surface area contributed by atoms with Gasteiger partial charge in [-0.05, 0) is 25.7 Å². The standard InChI is InChI=1S/C18H27N3O/c1-15(17-7-8-17)19-18(22)14-21-11-9-20(10-12-21)13-16-5-3-2-4-6-16/h2-6,15,17H,7-14H2,1H3,(H,19,22)/p+2/t15-/m1/s1. The van der Waals surface area contributed by atoms with Gasteiger partial charge in [0.05, 0.1) is 0 Å². The molecule has 1 aliphatic heterocycles. The first-order valence-electron chi connectivity index (χ1n) is 8.71. The van der Waals surface area contributed by atoms with Crippen molar-refractivity contribution in [2.75, 3.05) is 32.7 Å². The smallest absolute Gasteiger partial charge is 0.275 e. The van der Waals surface area contributed by atoms with E-state index in [4.69, 9.17) is 0 Å². The van der Waals surface area contributed by atoms with Crippen molar-refractivity contribution in [1.82, 2.24) is 5.32 Å². The molecule has 0 spiro atoms. The summed E-state index contributed by atoms with van der Waals surface area (Å²) in [6.45, 7) is 8.44. The van der Waals surface area contributed by atoms with E-state index in [0.717, 1.165) is 38.6 Å². The lowest BCUT2D eigenvalue weighted by atomic mass is 10.2. The highest BCUT2D eigenvalue weighted by atomic mass is 16.2. The predicted octanol–water partition coefficient (Wildman–Crippen LogP) is -1.12. The molecule has 3 rings (SSSR count). The molecule has 1 aromatic carbocycles. The highest BCUT2D eigenvalue weighted by Gasteiger charge is 2.30. The molecule has 1 amide bonds. The van der Waals surface area contributed by atoms with Crippen LogP contribution in [0, 0.1) is 5.92 Å². The highest BCUT2D eigenvalue weighted by molar-refractivity contribution is 5.77. The van der Waals surface area contributed by atoms with Gasteiger partial charge in [0.25, 0.3) is 5.91 Å². The normalized spacial score (nSPS) is 26.4. The van der Waals surface area contributed by atoms with Gasteiger partial charge in [-0.25, -0.2) is 0 Å². The van der Waals surface area contributed by atoms with Crippen molar-refractivity contribution in [2.24, 2.45) is 5.92 Å². The molecule has 22 heavy (non-hydrogen) atoms. The molecule has 2 aliphatic rings. The lowest BCUT2D eigenvalue weighted by molar-refractivity contribution is -1.02. The Bertz CT molecular complexity index is 478. The number of piperazine rings is 1. The van der Waals surface area contributed by atoms with E-state index in [2.05, 4.69) is 42.6 Å². The molecular formula is C18H29N3O+2. The van der Waals surface area contributed by atoms with E-state index in [1.165, 1.54) is 23.3 Å². The van der Waals surface area contributed by atoms with Crippen LogP contribution in [-0.4, -0.2) is 44.7 Å². The van der Waals surface area contributed by atoms with Crippen LogP contribution < -0.4 is 15.1 Å². The fourth-order valence-electron chi connectivity index (χ4n) is 3.44. The maximum atomic E-state index is 12.1. The average Bonchev–Trinajstić information content (AvgIpc) is 3.35. The van der Waals surface area contributed by atoms with E-state index in [0.29, 0.717) is 12.6 Å². The number of hydrogen-bond donors (Lipinski definition) is 3. The topological polar surface area (TPSA) is 38.0 Å². The second-order valence-corrected chi connectivity index (χ2v) is 7.03. The molecule has 1 heterocycles. The van der Waals surface area contributed by atoms with Crippen molar-refractivity contribution >= 4 is 5.91 Å². The first-order valence-corrected chi connectivity index (χ1v) is 8.71. The van der Waals surface area contributed by atoms with Crippen LogP contribution >= 0.6 is 0 Å². The van der Waals surface area contributed by atoms with Gasteiger partial charge in [-0.2, -0.15) is 0 Å². The van der Waals surface area contributed by atoms with E-state index >= 15 is 0 Å². The minimum absolute atomic E-state index is 0.237. The van der Waals surface area contributed by atoms with Crippen LogP contribution in [0.25, 0.3) is 0 Å². The fraction of sp³-hybridized carbons (Fsp3) is 0.611. The number of carbonyl (C=O) groups is 1. The van der Waals surface area contributed by atoms with Gasteiger partial charge in [0.2, 0.25) is 0 Å². The van der Waals surface area contributed by atoms with E-state index < -0.39 is 0 Å². The lowest BCUT2D eigenvalue weighted by Crippen LogP contribution is -3.28. The van der Waals surface area contributed by atoms with Crippen LogP contribution in [0.1, 0.15) is 25.3 Å². The van der Waals surface area contributed by atoms with E-state index in [1.54, 1.807) is 4.90 Å². The largest absolute Gasteiger partial charge is 0.348 e. The Hall–Kier alpha value is -1.39. The van der Waals surface area contributed by atoms with Crippen molar-refractivity contribution in [3.63, 3.8) is 0 Å². The summed E-state index contributed by atoms with van der Waals surface area (Å²) in [6, 6.07) is 11.1. The predicted molar refractivity (Wildman–Crippen MR) is 86.7 cm³/mol. The van der Waals surface area contributed by atoms with Gasteiger partial charge < -0.3 is 15.1 Å². The van der Waals surface area contributed by atoms with Gasteiger partial charge in [-0.3, -0.25) is 4.79 Å². The van der Waals surface area contributed by atoms with E-state index in [1.807, 2.05) is 0 Å². The average molecular weight is 303 g/mol. The molecule has 1 aliphatic carbocycles. The molecule has 1 atom stereocenters. The third-order valence-corrected chi connectivity index (χ3v) is 5.09. The molecular weight excluding hydrogens is 274 g/mol. The Balaban J connectivity index is 1.37. The number of rotatable bonds is 6. The van der Waals surface area contributed by atoms with E-state index in [-0.39, 0.29) is 5.91 Å². The van der Waals surface area contributed by atoms with E-state index in [9.17, 15) is 4.79 Å². The van der Waals surface area contributed by atoms with Crippen molar-refractivity contribution in [1.29, 1.82) is 0 Å². The number of carbonyl (C=O) groups excluding carboxylic acids is 1. The van der Waals surface area contributed by atoms with Gasteiger partial charge in [0.1, 0.15) is 32.7 Å². The van der Waals surface area contributed by atoms with Crippen LogP contribution in [0.3, 0.4) is 0 Å². The van der Waals surface area contributed by atoms with Crippen molar-refractivity contribution in [3.8, 4) is 0 Å². The van der Waals surface area contributed by atoms with Crippen LogP contribution in [0.4, 0.5) is 0 Å². The van der Waals surface area contributed by atoms with Gasteiger partial charge in [0, 0.05) is 11.6 Å². The summed E-state index contributed by atoms with van der Waals surface area (Å²) in [5.74, 6) is 0.979. The van der Waals surface area contributed by atoms with Crippen LogP contribution in [0.15, 0.2) is 30.3 Å². The third-order valence-electron chi connectivity index (χ3n) is 5.09. The van der Waals surface area contributed by atoms with Crippen molar-refractivity contribution < 1.29 is 14.6 Å². The summed E-state index contributed by atoms with van der Waals surface area (Å²) in [5.41, 5.74) is 1.41. The molecule has 0 aromatic heterocycles. The van der Waals surface area contributed by atoms with Gasteiger partial charge in [-0.15, -0.1) is 0 Å². The van der Waals surface area contributed by atoms with Crippen LogP contribution in [0.5, 0.6) is 0 Å². The number of benzene rings is 1. The molecule has 120 valence electrons. The molecule has 0 bridgehead atoms. The van der Waals surface area contributed by atoms with Gasteiger partial charge in [0.15, 0.2) is 6.54 Å². The summed E-state index contributed by atoms with van der Waals surface area (Å²) in [6.07, 6.45) is 2.58. The molecule has 0 radical (unpaired) electrons. The zero-order valence-corrected chi connectivity index (χ0v) is 13.6. The zero-order chi connectivity index (χ0) is 15.4. The quantitative estimate of drug-likeness (QED) is 0.612. The third kappa shape index (κ3) is 4.55. The van der Waals surface area contributed by atoms with Crippen LogP contribution in [0.2, 0.25) is 0 Å². The summed E-state index contributed by atoms with van der Waals surface area (Å²) in [7, 11) is 0. The Kier molecular flexibility index (Phi) is 5.11. The Morgan fingerprint density at radius 3 is 2.41 bits per heavy atom. The molecule has 4 heteroatoms. The minimum Gasteiger partial charge on any atom is -0.348 e. The fourth-order valence-corrected chi connectivity index (χ4v) is 3.44. The second-order valence-electron chi connectivity index (χ2n) is 7.03. The number of hydrogen-bond acceptors (Lipinski definition) is 1. The number of amides is 1. The monoisotopic (exact) mass is 303 g/mol. The Morgan fingerprint density at radius 1 is 1.14 bits per heavy atom. The first kappa shape index (κ1) is 15.5. The number of quaternary nitrogens is 2. The number of nitrogens with one attached hydrogen (secondary N) is 3. The summed E-state index contributed by atoms with van der Waals surface area (Å²) in [4.78, 5) is 15.2. The van der Waals surface area contributed by atoms with Gasteiger partial charge in [-0.1, -0.05) is 30.3 Å². The highest BCUT2D eigenvalue weighted by Crippen LogP contribution is 2.32. The summed E-state index contributed by atoms with van der Waals surface area (Å²) in [5, 5.41) is 3.17. The SMILES string of the molecule is C[C@@H](NC(=O)C[NH+]1CC[NH+](Cc2ccccc2)CC1)C1CC1. The lowest BCUT2D eigenvalue weighted by Gasteiger charge is -2.29. The van der Waals surface area contributed by atoms with Gasteiger partial charge >= 0.3 is 0 Å². The second kappa shape index (κ2) is 7.25. The molecule has 3 N–H and O–H groups in total. The zero-order valence-electron chi connectivity index (χ0n) is 13.6.